The lowest BCUT2D eigenvalue weighted by atomic mass is 10.0. The molecule has 1 atom stereocenters. The van der Waals surface area contributed by atoms with Gasteiger partial charge in [-0.05, 0) is 12.3 Å². The van der Waals surface area contributed by atoms with Crippen molar-refractivity contribution >= 4 is 0 Å². The second-order valence-corrected chi connectivity index (χ2v) is 4.59. The van der Waals surface area contributed by atoms with Crippen LogP contribution in [0.25, 0.3) is 11.4 Å². The summed E-state index contributed by atoms with van der Waals surface area (Å²) in [6.45, 7) is 4.22. The first-order valence-corrected chi connectivity index (χ1v) is 5.64. The summed E-state index contributed by atoms with van der Waals surface area (Å²) in [4.78, 5) is 4.29. The Morgan fingerprint density at radius 3 is 2.82 bits per heavy atom. The van der Waals surface area contributed by atoms with Gasteiger partial charge < -0.3 is 10.3 Å². The molecule has 0 spiro atoms. The summed E-state index contributed by atoms with van der Waals surface area (Å²) < 4.78 is 6.86. The van der Waals surface area contributed by atoms with Crippen molar-refractivity contribution in [2.75, 3.05) is 0 Å². The van der Waals surface area contributed by atoms with Gasteiger partial charge in [0, 0.05) is 13.2 Å². The van der Waals surface area contributed by atoms with E-state index in [4.69, 9.17) is 10.3 Å². The maximum absolute atomic E-state index is 5.98. The average molecular weight is 235 g/mol. The number of aryl methyl sites for hydroxylation is 1. The SMILES string of the molecule is CC(C)CC(N)c1nc(-c2cnn(C)c2)no1. The Balaban J connectivity index is 2.15. The molecule has 0 fully saturated rings. The summed E-state index contributed by atoms with van der Waals surface area (Å²) in [5.74, 6) is 1.52. The molecule has 92 valence electrons. The maximum Gasteiger partial charge on any atom is 0.243 e. The minimum Gasteiger partial charge on any atom is -0.337 e. The van der Waals surface area contributed by atoms with E-state index in [1.165, 1.54) is 0 Å². The van der Waals surface area contributed by atoms with Gasteiger partial charge in [-0.2, -0.15) is 10.1 Å². The van der Waals surface area contributed by atoms with E-state index in [0.717, 1.165) is 12.0 Å². The Kier molecular flexibility index (Phi) is 3.23. The maximum atomic E-state index is 5.98. The molecular formula is C11H17N5O. The number of aromatic nitrogens is 4. The highest BCUT2D eigenvalue weighted by atomic mass is 16.5. The quantitative estimate of drug-likeness (QED) is 0.868. The molecule has 0 saturated heterocycles. The molecule has 0 aromatic carbocycles. The summed E-state index contributed by atoms with van der Waals surface area (Å²) in [6.07, 6.45) is 4.36. The molecule has 2 N–H and O–H groups in total. The number of nitrogens with two attached hydrogens (primary N) is 1. The Bertz CT molecular complexity index is 488. The third-order valence-corrected chi connectivity index (χ3v) is 2.45. The molecule has 0 saturated carbocycles. The smallest absolute Gasteiger partial charge is 0.243 e. The predicted molar refractivity (Wildman–Crippen MR) is 62.9 cm³/mol. The van der Waals surface area contributed by atoms with Gasteiger partial charge in [-0.3, -0.25) is 4.68 Å². The first-order valence-electron chi connectivity index (χ1n) is 5.64. The molecular weight excluding hydrogens is 218 g/mol. The van der Waals surface area contributed by atoms with E-state index in [0.29, 0.717) is 17.6 Å². The molecule has 2 rings (SSSR count). The number of nitrogens with zero attached hydrogens (tertiary/aromatic N) is 4. The van der Waals surface area contributed by atoms with Crippen molar-refractivity contribution < 1.29 is 4.52 Å². The largest absolute Gasteiger partial charge is 0.337 e. The van der Waals surface area contributed by atoms with Crippen LogP contribution in [0.5, 0.6) is 0 Å². The Morgan fingerprint density at radius 1 is 1.47 bits per heavy atom. The second kappa shape index (κ2) is 4.67. The van der Waals surface area contributed by atoms with E-state index in [9.17, 15) is 0 Å². The third kappa shape index (κ3) is 2.71. The summed E-state index contributed by atoms with van der Waals surface area (Å²) in [7, 11) is 1.84. The van der Waals surface area contributed by atoms with Crippen LogP contribution in [0.1, 0.15) is 32.2 Å². The Labute approximate surface area is 99.8 Å². The van der Waals surface area contributed by atoms with Crippen LogP contribution in [0.15, 0.2) is 16.9 Å². The Hall–Kier alpha value is -1.69. The van der Waals surface area contributed by atoms with Crippen molar-refractivity contribution in [1.29, 1.82) is 0 Å². The highest BCUT2D eigenvalue weighted by Gasteiger charge is 2.17. The molecule has 0 aliphatic heterocycles. The third-order valence-electron chi connectivity index (χ3n) is 2.45. The van der Waals surface area contributed by atoms with E-state index < -0.39 is 0 Å². The van der Waals surface area contributed by atoms with E-state index in [-0.39, 0.29) is 6.04 Å². The van der Waals surface area contributed by atoms with Gasteiger partial charge in [-0.1, -0.05) is 19.0 Å². The van der Waals surface area contributed by atoms with Crippen LogP contribution >= 0.6 is 0 Å². The van der Waals surface area contributed by atoms with Gasteiger partial charge in [0.1, 0.15) is 0 Å². The minimum absolute atomic E-state index is 0.201. The fourth-order valence-electron chi connectivity index (χ4n) is 1.65. The van der Waals surface area contributed by atoms with Gasteiger partial charge >= 0.3 is 0 Å². The predicted octanol–water partition coefficient (Wildman–Crippen LogP) is 1.52. The van der Waals surface area contributed by atoms with Gasteiger partial charge in [-0.15, -0.1) is 0 Å². The van der Waals surface area contributed by atoms with Crippen molar-refractivity contribution in [2.45, 2.75) is 26.3 Å². The van der Waals surface area contributed by atoms with Gasteiger partial charge in [0.2, 0.25) is 11.7 Å². The zero-order valence-corrected chi connectivity index (χ0v) is 10.3. The van der Waals surface area contributed by atoms with Crippen molar-refractivity contribution in [3.05, 3.63) is 18.3 Å². The van der Waals surface area contributed by atoms with Crippen LogP contribution < -0.4 is 5.73 Å². The Morgan fingerprint density at radius 2 is 2.24 bits per heavy atom. The highest BCUT2D eigenvalue weighted by molar-refractivity contribution is 5.51. The second-order valence-electron chi connectivity index (χ2n) is 4.59. The van der Waals surface area contributed by atoms with E-state index in [1.807, 2.05) is 13.2 Å². The summed E-state index contributed by atoms with van der Waals surface area (Å²) >= 11 is 0. The van der Waals surface area contributed by atoms with E-state index in [2.05, 4.69) is 29.1 Å². The molecule has 6 nitrogen and oxygen atoms in total. The number of hydrogen-bond donors (Lipinski definition) is 1. The molecule has 1 unspecified atom stereocenters. The van der Waals surface area contributed by atoms with Gasteiger partial charge in [0.05, 0.1) is 17.8 Å². The monoisotopic (exact) mass is 235 g/mol. The van der Waals surface area contributed by atoms with Crippen molar-refractivity contribution in [1.82, 2.24) is 19.9 Å². The summed E-state index contributed by atoms with van der Waals surface area (Å²) in [5, 5.41) is 7.97. The van der Waals surface area contributed by atoms with E-state index in [1.54, 1.807) is 10.9 Å². The molecule has 0 radical (unpaired) electrons. The first-order chi connectivity index (χ1) is 8.06. The average Bonchev–Trinajstić information content (AvgIpc) is 2.84. The van der Waals surface area contributed by atoms with Gasteiger partial charge in [0.25, 0.3) is 0 Å². The highest BCUT2D eigenvalue weighted by Crippen LogP contribution is 2.20. The summed E-state index contributed by atoms with van der Waals surface area (Å²) in [5.41, 5.74) is 6.81. The van der Waals surface area contributed by atoms with Crippen molar-refractivity contribution in [2.24, 2.45) is 18.7 Å². The normalized spacial score (nSPS) is 13.2. The van der Waals surface area contributed by atoms with Crippen LogP contribution in [0.3, 0.4) is 0 Å². The first kappa shape index (κ1) is 11.8. The molecule has 0 bridgehead atoms. The zero-order valence-electron chi connectivity index (χ0n) is 10.3. The lowest BCUT2D eigenvalue weighted by molar-refractivity contribution is 0.335. The van der Waals surface area contributed by atoms with Crippen LogP contribution in [0, 0.1) is 5.92 Å². The van der Waals surface area contributed by atoms with Crippen molar-refractivity contribution in [3.8, 4) is 11.4 Å². The van der Waals surface area contributed by atoms with Crippen LogP contribution in [-0.2, 0) is 7.05 Å². The van der Waals surface area contributed by atoms with Crippen LogP contribution in [-0.4, -0.2) is 19.9 Å². The minimum atomic E-state index is -0.201. The molecule has 2 aromatic rings. The summed E-state index contributed by atoms with van der Waals surface area (Å²) in [6, 6.07) is -0.201. The lowest BCUT2D eigenvalue weighted by Crippen LogP contribution is -2.13. The molecule has 0 aliphatic carbocycles. The van der Waals surface area contributed by atoms with Gasteiger partial charge in [0.15, 0.2) is 0 Å². The molecule has 6 heteroatoms. The number of rotatable bonds is 4. The molecule has 17 heavy (non-hydrogen) atoms. The topological polar surface area (TPSA) is 82.8 Å². The van der Waals surface area contributed by atoms with Gasteiger partial charge in [-0.25, -0.2) is 0 Å². The van der Waals surface area contributed by atoms with Crippen LogP contribution in [0.2, 0.25) is 0 Å². The molecule has 0 aliphatic rings. The fourth-order valence-corrected chi connectivity index (χ4v) is 1.65. The molecule has 2 heterocycles. The standard InChI is InChI=1S/C11H17N5O/c1-7(2)4-9(12)11-14-10(15-17-11)8-5-13-16(3)6-8/h5-7,9H,4,12H2,1-3H3. The fraction of sp³-hybridized carbons (Fsp3) is 0.545. The molecule has 2 aromatic heterocycles. The zero-order chi connectivity index (χ0) is 12.4. The van der Waals surface area contributed by atoms with E-state index >= 15 is 0 Å². The molecule has 0 amide bonds. The van der Waals surface area contributed by atoms with Crippen molar-refractivity contribution in [3.63, 3.8) is 0 Å². The lowest BCUT2D eigenvalue weighted by Gasteiger charge is -2.08. The number of hydrogen-bond acceptors (Lipinski definition) is 5. The van der Waals surface area contributed by atoms with Crippen LogP contribution in [0.4, 0.5) is 0 Å².